The van der Waals surface area contributed by atoms with Gasteiger partial charge in [0.05, 0.1) is 17.5 Å². The van der Waals surface area contributed by atoms with Crippen LogP contribution in [0.25, 0.3) is 0 Å². The number of fused-ring (bicyclic) bond motifs is 1. The number of carbonyl (C=O) groups is 2. The molecule has 0 aromatic heterocycles. The van der Waals surface area contributed by atoms with Gasteiger partial charge in [0.2, 0.25) is 11.8 Å². The van der Waals surface area contributed by atoms with E-state index >= 15 is 0 Å². The second kappa shape index (κ2) is 8.19. The van der Waals surface area contributed by atoms with Gasteiger partial charge in [0.15, 0.2) is 0 Å². The molecule has 0 saturated heterocycles. The van der Waals surface area contributed by atoms with E-state index in [9.17, 15) is 9.59 Å². The van der Waals surface area contributed by atoms with Gasteiger partial charge in [-0.15, -0.1) is 11.8 Å². The Morgan fingerprint density at radius 2 is 2.18 bits per heavy atom. The van der Waals surface area contributed by atoms with Gasteiger partial charge >= 0.3 is 0 Å². The minimum absolute atomic E-state index is 0.0259. The largest absolute Gasteiger partial charge is 0.379 e. The molecule has 5 nitrogen and oxygen atoms in total. The number of ether oxygens (including phenoxy) is 1. The van der Waals surface area contributed by atoms with Crippen LogP contribution in [0.1, 0.15) is 20.3 Å². The first-order valence-electron chi connectivity index (χ1n) is 7.48. The summed E-state index contributed by atoms with van der Waals surface area (Å²) >= 11 is 1.52. The fourth-order valence-corrected chi connectivity index (χ4v) is 3.08. The zero-order valence-electron chi connectivity index (χ0n) is 13.0. The van der Waals surface area contributed by atoms with Crippen molar-refractivity contribution >= 4 is 29.3 Å². The van der Waals surface area contributed by atoms with Gasteiger partial charge in [0.25, 0.3) is 0 Å². The molecule has 0 radical (unpaired) electrons. The fourth-order valence-electron chi connectivity index (χ4n) is 2.15. The highest BCUT2D eigenvalue weighted by molar-refractivity contribution is 8.00. The standard InChI is InChI=1S/C16H22N2O3S/c1-12(2)21-9-5-8-17-15(19)10-18-13-6-3-4-7-14(13)22-11-16(18)20/h3-4,6-7,12H,5,8-11H2,1-2H3,(H,17,19). The van der Waals surface area contributed by atoms with Crippen molar-refractivity contribution in [3.63, 3.8) is 0 Å². The van der Waals surface area contributed by atoms with Gasteiger partial charge in [-0.1, -0.05) is 12.1 Å². The molecule has 0 fully saturated rings. The quantitative estimate of drug-likeness (QED) is 0.781. The highest BCUT2D eigenvalue weighted by Gasteiger charge is 2.25. The first-order chi connectivity index (χ1) is 10.6. The van der Waals surface area contributed by atoms with Gasteiger partial charge in [0.1, 0.15) is 6.54 Å². The minimum Gasteiger partial charge on any atom is -0.379 e. The summed E-state index contributed by atoms with van der Waals surface area (Å²) in [5.41, 5.74) is 0.821. The third-order valence-electron chi connectivity index (χ3n) is 3.20. The zero-order valence-corrected chi connectivity index (χ0v) is 13.8. The Morgan fingerprint density at radius 3 is 2.95 bits per heavy atom. The first kappa shape index (κ1) is 16.8. The van der Waals surface area contributed by atoms with Gasteiger partial charge in [-0.3, -0.25) is 9.59 Å². The van der Waals surface area contributed by atoms with Gasteiger partial charge in [-0.25, -0.2) is 0 Å². The van der Waals surface area contributed by atoms with Gasteiger partial charge < -0.3 is 15.0 Å². The molecular formula is C16H22N2O3S. The summed E-state index contributed by atoms with van der Waals surface area (Å²) in [6.07, 6.45) is 0.972. The van der Waals surface area contributed by atoms with Crippen molar-refractivity contribution in [1.29, 1.82) is 0 Å². The van der Waals surface area contributed by atoms with E-state index in [2.05, 4.69) is 5.32 Å². The van der Waals surface area contributed by atoms with E-state index in [1.807, 2.05) is 38.1 Å². The Balaban J connectivity index is 1.82. The molecule has 1 N–H and O–H groups in total. The second-order valence-corrected chi connectivity index (χ2v) is 6.38. The Morgan fingerprint density at radius 1 is 1.41 bits per heavy atom. The molecule has 1 aromatic rings. The molecule has 2 amide bonds. The van der Waals surface area contributed by atoms with Crippen LogP contribution in [-0.4, -0.2) is 43.4 Å². The van der Waals surface area contributed by atoms with Crippen LogP contribution >= 0.6 is 11.8 Å². The molecule has 0 saturated carbocycles. The number of para-hydroxylation sites is 1. The number of anilines is 1. The third-order valence-corrected chi connectivity index (χ3v) is 4.25. The van der Waals surface area contributed by atoms with Crippen LogP contribution < -0.4 is 10.2 Å². The molecule has 0 aliphatic carbocycles. The van der Waals surface area contributed by atoms with E-state index in [0.29, 0.717) is 18.9 Å². The van der Waals surface area contributed by atoms with Crippen LogP contribution in [0.4, 0.5) is 5.69 Å². The van der Waals surface area contributed by atoms with Crippen molar-refractivity contribution in [2.24, 2.45) is 0 Å². The van der Waals surface area contributed by atoms with Crippen molar-refractivity contribution in [3.05, 3.63) is 24.3 Å². The maximum absolute atomic E-state index is 12.0. The van der Waals surface area contributed by atoms with E-state index in [1.165, 1.54) is 11.8 Å². The number of thioether (sulfide) groups is 1. The fraction of sp³-hybridized carbons (Fsp3) is 0.500. The number of nitrogens with one attached hydrogen (secondary N) is 1. The summed E-state index contributed by atoms with van der Waals surface area (Å²) < 4.78 is 5.42. The highest BCUT2D eigenvalue weighted by Crippen LogP contribution is 2.34. The average molecular weight is 322 g/mol. The highest BCUT2D eigenvalue weighted by atomic mass is 32.2. The van der Waals surface area contributed by atoms with E-state index in [-0.39, 0.29) is 24.5 Å². The molecule has 1 aliphatic heterocycles. The molecule has 0 bridgehead atoms. The van der Waals surface area contributed by atoms with Crippen LogP contribution in [0.3, 0.4) is 0 Å². The number of hydrogen-bond acceptors (Lipinski definition) is 4. The number of nitrogens with zero attached hydrogens (tertiary/aromatic N) is 1. The van der Waals surface area contributed by atoms with Gasteiger partial charge in [0, 0.05) is 18.0 Å². The van der Waals surface area contributed by atoms with Crippen LogP contribution in [0.5, 0.6) is 0 Å². The number of benzene rings is 1. The topological polar surface area (TPSA) is 58.6 Å². The van der Waals surface area contributed by atoms with Crippen molar-refractivity contribution in [2.75, 3.05) is 30.3 Å². The summed E-state index contributed by atoms with van der Waals surface area (Å²) in [6.45, 7) is 5.22. The molecule has 1 heterocycles. The molecule has 0 spiro atoms. The Hall–Kier alpha value is -1.53. The summed E-state index contributed by atoms with van der Waals surface area (Å²) in [6, 6.07) is 7.67. The van der Waals surface area contributed by atoms with Crippen molar-refractivity contribution in [2.45, 2.75) is 31.3 Å². The van der Waals surface area contributed by atoms with Crippen LogP contribution in [0.15, 0.2) is 29.2 Å². The van der Waals surface area contributed by atoms with E-state index in [1.54, 1.807) is 4.90 Å². The Kier molecular flexibility index (Phi) is 6.27. The van der Waals surface area contributed by atoms with Crippen molar-refractivity contribution in [3.8, 4) is 0 Å². The average Bonchev–Trinajstić information content (AvgIpc) is 2.49. The normalized spacial score (nSPS) is 14.1. The molecule has 0 unspecified atom stereocenters. The molecule has 0 atom stereocenters. The van der Waals surface area contributed by atoms with Gasteiger partial charge in [-0.05, 0) is 32.4 Å². The predicted molar refractivity (Wildman–Crippen MR) is 88.2 cm³/mol. The molecule has 2 rings (SSSR count). The Bertz CT molecular complexity index is 534. The zero-order chi connectivity index (χ0) is 15.9. The van der Waals surface area contributed by atoms with E-state index < -0.39 is 0 Å². The predicted octanol–water partition coefficient (Wildman–Crippen LogP) is 2.06. The smallest absolute Gasteiger partial charge is 0.240 e. The lowest BCUT2D eigenvalue weighted by atomic mass is 10.2. The van der Waals surface area contributed by atoms with E-state index in [4.69, 9.17) is 4.74 Å². The number of amides is 2. The molecule has 1 aromatic carbocycles. The monoisotopic (exact) mass is 322 g/mol. The molecule has 6 heteroatoms. The van der Waals surface area contributed by atoms with Crippen molar-refractivity contribution in [1.82, 2.24) is 5.32 Å². The van der Waals surface area contributed by atoms with Gasteiger partial charge in [-0.2, -0.15) is 0 Å². The Labute approximate surface area is 135 Å². The molecule has 22 heavy (non-hydrogen) atoms. The summed E-state index contributed by atoms with van der Waals surface area (Å²) in [7, 11) is 0. The number of rotatable bonds is 7. The van der Waals surface area contributed by atoms with Crippen LogP contribution in [0.2, 0.25) is 0 Å². The molecule has 1 aliphatic rings. The second-order valence-electron chi connectivity index (χ2n) is 5.36. The van der Waals surface area contributed by atoms with Crippen LogP contribution in [0, 0.1) is 0 Å². The van der Waals surface area contributed by atoms with E-state index in [0.717, 1.165) is 17.0 Å². The lowest BCUT2D eigenvalue weighted by Gasteiger charge is -2.28. The number of carbonyl (C=O) groups excluding carboxylic acids is 2. The summed E-state index contributed by atoms with van der Waals surface area (Å²) in [5, 5.41) is 2.84. The molecular weight excluding hydrogens is 300 g/mol. The summed E-state index contributed by atoms with van der Waals surface area (Å²) in [5.74, 6) is 0.216. The summed E-state index contributed by atoms with van der Waals surface area (Å²) in [4.78, 5) is 26.7. The van der Waals surface area contributed by atoms with Crippen LogP contribution in [-0.2, 0) is 14.3 Å². The molecule has 120 valence electrons. The number of hydrogen-bond donors (Lipinski definition) is 1. The first-order valence-corrected chi connectivity index (χ1v) is 8.47. The SMILES string of the molecule is CC(C)OCCCNC(=O)CN1C(=O)CSc2ccccc21. The lowest BCUT2D eigenvalue weighted by molar-refractivity contribution is -0.123. The maximum atomic E-state index is 12.0. The lowest BCUT2D eigenvalue weighted by Crippen LogP contribution is -2.43. The minimum atomic E-state index is -0.139. The third kappa shape index (κ3) is 4.74. The van der Waals surface area contributed by atoms with Crippen molar-refractivity contribution < 1.29 is 14.3 Å². The maximum Gasteiger partial charge on any atom is 0.240 e.